The van der Waals surface area contributed by atoms with Crippen LogP contribution < -0.4 is 5.73 Å². The maximum Gasteiger partial charge on any atom is 0.0225 e. The topological polar surface area (TPSA) is 26.0 Å². The molecule has 1 atom stereocenters. The van der Waals surface area contributed by atoms with Crippen LogP contribution in [0, 0.1) is 0 Å². The molecule has 2 aliphatic rings. The normalized spacial score (nSPS) is 27.2. The van der Waals surface area contributed by atoms with Crippen molar-refractivity contribution in [1.29, 1.82) is 0 Å². The Morgan fingerprint density at radius 1 is 1.33 bits per heavy atom. The Balaban J connectivity index is 2.07. The van der Waals surface area contributed by atoms with Gasteiger partial charge in [0.15, 0.2) is 0 Å². The monoisotopic (exact) mass is 265 g/mol. The van der Waals surface area contributed by atoms with Crippen molar-refractivity contribution in [3.63, 3.8) is 0 Å². The van der Waals surface area contributed by atoms with Crippen molar-refractivity contribution >= 4 is 15.9 Å². The van der Waals surface area contributed by atoms with Gasteiger partial charge in [-0.3, -0.25) is 0 Å². The van der Waals surface area contributed by atoms with Gasteiger partial charge in [-0.15, -0.1) is 0 Å². The van der Waals surface area contributed by atoms with Crippen LogP contribution in [-0.2, 0) is 6.42 Å². The van der Waals surface area contributed by atoms with E-state index in [0.717, 1.165) is 0 Å². The molecular formula is C13H16BrN. The average molecular weight is 266 g/mol. The lowest BCUT2D eigenvalue weighted by molar-refractivity contribution is 0.449. The molecule has 3 rings (SSSR count). The number of hydrogen-bond donors (Lipinski definition) is 1. The van der Waals surface area contributed by atoms with Crippen molar-refractivity contribution in [2.24, 2.45) is 5.73 Å². The van der Waals surface area contributed by atoms with E-state index >= 15 is 0 Å². The predicted octanol–water partition coefficient (Wildman–Crippen LogP) is 3.36. The van der Waals surface area contributed by atoms with Gasteiger partial charge < -0.3 is 5.73 Å². The summed E-state index contributed by atoms with van der Waals surface area (Å²) in [5.74, 6) is 0.610. The molecule has 0 spiro atoms. The van der Waals surface area contributed by atoms with Gasteiger partial charge in [-0.25, -0.2) is 0 Å². The SMILES string of the molecule is NC1(C2CCCc3c(Br)cccc32)CC1. The Morgan fingerprint density at radius 2 is 2.13 bits per heavy atom. The molecule has 1 nitrogen and oxygen atoms in total. The van der Waals surface area contributed by atoms with E-state index in [1.807, 2.05) is 0 Å². The molecule has 0 bridgehead atoms. The molecule has 2 N–H and O–H groups in total. The van der Waals surface area contributed by atoms with E-state index in [9.17, 15) is 0 Å². The summed E-state index contributed by atoms with van der Waals surface area (Å²) in [4.78, 5) is 0. The molecule has 1 unspecified atom stereocenters. The third-order valence-electron chi connectivity index (χ3n) is 3.97. The number of halogens is 1. The number of fused-ring (bicyclic) bond motifs is 1. The fraction of sp³-hybridized carbons (Fsp3) is 0.538. The number of rotatable bonds is 1. The van der Waals surface area contributed by atoms with Gasteiger partial charge in [-0.1, -0.05) is 28.1 Å². The minimum atomic E-state index is 0.135. The molecule has 1 aromatic rings. The van der Waals surface area contributed by atoms with Gasteiger partial charge in [-0.05, 0) is 49.3 Å². The summed E-state index contributed by atoms with van der Waals surface area (Å²) in [5.41, 5.74) is 9.52. The van der Waals surface area contributed by atoms with Crippen LogP contribution in [0.5, 0.6) is 0 Å². The lowest BCUT2D eigenvalue weighted by atomic mass is 9.77. The van der Waals surface area contributed by atoms with Gasteiger partial charge in [0.25, 0.3) is 0 Å². The number of benzene rings is 1. The summed E-state index contributed by atoms with van der Waals surface area (Å²) < 4.78 is 1.27. The Kier molecular flexibility index (Phi) is 2.18. The lowest BCUT2D eigenvalue weighted by Gasteiger charge is -2.31. The average Bonchev–Trinajstić information content (AvgIpc) is 2.98. The first-order valence-electron chi connectivity index (χ1n) is 5.77. The van der Waals surface area contributed by atoms with E-state index < -0.39 is 0 Å². The standard InChI is InChI=1S/C13H16BrN/c14-12-6-2-3-9-10(12)4-1-5-11(9)13(15)7-8-13/h2-3,6,11H,1,4-5,7-8,15H2. The molecule has 2 heteroatoms. The fourth-order valence-electron chi connectivity index (χ4n) is 2.89. The van der Waals surface area contributed by atoms with Gasteiger partial charge in [0.2, 0.25) is 0 Å². The van der Waals surface area contributed by atoms with Gasteiger partial charge in [0.1, 0.15) is 0 Å². The third kappa shape index (κ3) is 1.55. The van der Waals surface area contributed by atoms with Crippen molar-refractivity contribution in [2.45, 2.75) is 43.6 Å². The molecule has 80 valence electrons. The molecule has 0 saturated heterocycles. The largest absolute Gasteiger partial charge is 0.325 e. The first-order chi connectivity index (χ1) is 7.21. The van der Waals surface area contributed by atoms with Crippen LogP contribution in [-0.4, -0.2) is 5.54 Å². The second-order valence-corrected chi connectivity index (χ2v) is 5.84. The first-order valence-corrected chi connectivity index (χ1v) is 6.56. The fourth-order valence-corrected chi connectivity index (χ4v) is 3.47. The smallest absolute Gasteiger partial charge is 0.0225 e. The predicted molar refractivity (Wildman–Crippen MR) is 66.0 cm³/mol. The highest BCUT2D eigenvalue weighted by molar-refractivity contribution is 9.10. The summed E-state index contributed by atoms with van der Waals surface area (Å²) in [6.45, 7) is 0. The van der Waals surface area contributed by atoms with E-state index in [0.29, 0.717) is 5.92 Å². The van der Waals surface area contributed by atoms with Gasteiger partial charge in [0.05, 0.1) is 0 Å². The van der Waals surface area contributed by atoms with Crippen molar-refractivity contribution in [3.05, 3.63) is 33.8 Å². The van der Waals surface area contributed by atoms with Crippen molar-refractivity contribution in [2.75, 3.05) is 0 Å². The van der Waals surface area contributed by atoms with Crippen LogP contribution in [0.4, 0.5) is 0 Å². The molecule has 0 amide bonds. The Labute approximate surface area is 99.2 Å². The minimum Gasteiger partial charge on any atom is -0.325 e. The molecule has 0 aliphatic heterocycles. The summed E-state index contributed by atoms with van der Waals surface area (Å²) >= 11 is 3.66. The lowest BCUT2D eigenvalue weighted by Crippen LogP contribution is -2.33. The zero-order chi connectivity index (χ0) is 10.5. The van der Waals surface area contributed by atoms with Crippen LogP contribution in [0.25, 0.3) is 0 Å². The van der Waals surface area contributed by atoms with E-state index in [4.69, 9.17) is 5.73 Å². The maximum atomic E-state index is 6.37. The van der Waals surface area contributed by atoms with E-state index in [-0.39, 0.29) is 5.54 Å². The molecule has 1 fully saturated rings. The summed E-state index contributed by atoms with van der Waals surface area (Å²) in [5, 5.41) is 0. The third-order valence-corrected chi connectivity index (χ3v) is 4.71. The molecule has 1 aromatic carbocycles. The van der Waals surface area contributed by atoms with Gasteiger partial charge in [-0.2, -0.15) is 0 Å². The molecule has 0 heterocycles. The maximum absolute atomic E-state index is 6.37. The Bertz CT molecular complexity index is 396. The van der Waals surface area contributed by atoms with Crippen LogP contribution in [0.15, 0.2) is 22.7 Å². The van der Waals surface area contributed by atoms with Crippen molar-refractivity contribution < 1.29 is 0 Å². The summed E-state index contributed by atoms with van der Waals surface area (Å²) in [6.07, 6.45) is 6.20. The highest BCUT2D eigenvalue weighted by Crippen LogP contribution is 2.50. The summed E-state index contributed by atoms with van der Waals surface area (Å²) in [7, 11) is 0. The van der Waals surface area contributed by atoms with Crippen LogP contribution in [0.1, 0.15) is 42.7 Å². The minimum absolute atomic E-state index is 0.135. The molecule has 0 aromatic heterocycles. The number of hydrogen-bond acceptors (Lipinski definition) is 1. The van der Waals surface area contributed by atoms with Crippen LogP contribution in [0.2, 0.25) is 0 Å². The molecule has 2 aliphatic carbocycles. The first kappa shape index (κ1) is 9.86. The second kappa shape index (κ2) is 3.33. The molecule has 0 radical (unpaired) electrons. The second-order valence-electron chi connectivity index (χ2n) is 4.99. The van der Waals surface area contributed by atoms with Crippen molar-refractivity contribution in [3.8, 4) is 0 Å². The molecule has 15 heavy (non-hydrogen) atoms. The van der Waals surface area contributed by atoms with Gasteiger partial charge in [0, 0.05) is 15.9 Å². The zero-order valence-corrected chi connectivity index (χ0v) is 10.4. The number of nitrogens with two attached hydrogens (primary N) is 1. The van der Waals surface area contributed by atoms with Crippen LogP contribution in [0.3, 0.4) is 0 Å². The summed E-state index contributed by atoms with van der Waals surface area (Å²) in [6, 6.07) is 6.57. The van der Waals surface area contributed by atoms with E-state index in [1.54, 1.807) is 0 Å². The van der Waals surface area contributed by atoms with Crippen LogP contribution >= 0.6 is 15.9 Å². The zero-order valence-electron chi connectivity index (χ0n) is 8.80. The van der Waals surface area contributed by atoms with Gasteiger partial charge >= 0.3 is 0 Å². The van der Waals surface area contributed by atoms with E-state index in [2.05, 4.69) is 34.1 Å². The molecule has 1 saturated carbocycles. The van der Waals surface area contributed by atoms with Crippen molar-refractivity contribution in [1.82, 2.24) is 0 Å². The Hall–Kier alpha value is -0.340. The van der Waals surface area contributed by atoms with E-state index in [1.165, 1.54) is 47.7 Å². The molecular weight excluding hydrogens is 250 g/mol. The Morgan fingerprint density at radius 3 is 2.87 bits per heavy atom. The quantitative estimate of drug-likeness (QED) is 0.828. The highest BCUT2D eigenvalue weighted by atomic mass is 79.9. The highest BCUT2D eigenvalue weighted by Gasteiger charge is 2.47.